The van der Waals surface area contributed by atoms with Gasteiger partial charge in [-0.1, -0.05) is 137 Å². The first-order valence-electron chi connectivity index (χ1n) is 17.4. The summed E-state index contributed by atoms with van der Waals surface area (Å²) >= 11 is 0. The van der Waals surface area contributed by atoms with E-state index >= 15 is 0 Å². The van der Waals surface area contributed by atoms with Gasteiger partial charge in [-0.05, 0) is 81.4 Å². The lowest BCUT2D eigenvalue weighted by Crippen LogP contribution is -2.14. The molecule has 2 nitrogen and oxygen atoms in total. The predicted octanol–water partition coefficient (Wildman–Crippen LogP) is 13.1. The van der Waals surface area contributed by atoms with Crippen LogP contribution >= 0.6 is 0 Å². The number of nitrogens with zero attached hydrogens (tertiary/aromatic N) is 1. The lowest BCUT2D eigenvalue weighted by atomic mass is 9.82. The molecular formula is C47H38N2. The summed E-state index contributed by atoms with van der Waals surface area (Å²) in [6, 6.07) is 55.8. The molecule has 49 heavy (non-hydrogen) atoms. The molecule has 0 radical (unpaired) electrons. The number of nitrogens with one attached hydrogen (secondary N) is 1. The van der Waals surface area contributed by atoms with Crippen LogP contribution in [0.2, 0.25) is 0 Å². The summed E-state index contributed by atoms with van der Waals surface area (Å²) in [6.45, 7) is 8.68. The molecule has 0 atom stereocenters. The molecule has 1 N–H and O–H groups in total. The van der Waals surface area contributed by atoms with Gasteiger partial charge >= 0.3 is 0 Å². The summed E-state index contributed by atoms with van der Waals surface area (Å²) in [7, 11) is 0. The monoisotopic (exact) mass is 630 g/mol. The molecule has 0 unspecified atom stereocenters. The number of hydrogen-bond acceptors (Lipinski definition) is 0. The second kappa shape index (κ2) is 11.1. The minimum absolute atomic E-state index is 0.0129. The van der Waals surface area contributed by atoms with Gasteiger partial charge in [-0.15, -0.1) is 0 Å². The Bertz CT molecular complexity index is 2660. The molecule has 10 rings (SSSR count). The molecule has 0 bridgehead atoms. The fourth-order valence-electron chi connectivity index (χ4n) is 8.26. The fraction of sp³-hybridized carbons (Fsp3) is 0.106. The number of rotatable bonds is 3. The van der Waals surface area contributed by atoms with E-state index in [-0.39, 0.29) is 5.41 Å². The predicted molar refractivity (Wildman–Crippen MR) is 210 cm³/mol. The summed E-state index contributed by atoms with van der Waals surface area (Å²) in [6.07, 6.45) is 0. The number of aromatic amines is 1. The van der Waals surface area contributed by atoms with Crippen molar-refractivity contribution < 1.29 is 0 Å². The molecule has 1 aliphatic rings. The van der Waals surface area contributed by atoms with Crippen molar-refractivity contribution in [1.82, 2.24) is 9.55 Å². The van der Waals surface area contributed by atoms with E-state index in [0.717, 1.165) is 5.52 Å². The highest BCUT2D eigenvalue weighted by molar-refractivity contribution is 6.13. The van der Waals surface area contributed by atoms with E-state index in [0.29, 0.717) is 0 Å². The molecule has 0 spiro atoms. The van der Waals surface area contributed by atoms with Crippen molar-refractivity contribution in [1.29, 1.82) is 0 Å². The van der Waals surface area contributed by atoms with Crippen LogP contribution in [-0.4, -0.2) is 9.55 Å². The maximum Gasteiger partial charge on any atom is 0.0544 e. The zero-order valence-electron chi connectivity index (χ0n) is 28.4. The van der Waals surface area contributed by atoms with Gasteiger partial charge in [0.15, 0.2) is 0 Å². The molecule has 7 aromatic carbocycles. The zero-order chi connectivity index (χ0) is 33.3. The average Bonchev–Trinajstić information content (AvgIpc) is 3.78. The molecule has 2 aromatic heterocycles. The van der Waals surface area contributed by atoms with E-state index < -0.39 is 0 Å². The first-order valence-corrected chi connectivity index (χ1v) is 17.4. The Labute approximate surface area is 287 Å². The van der Waals surface area contributed by atoms with E-state index in [9.17, 15) is 0 Å². The minimum atomic E-state index is 0.0129. The highest BCUT2D eigenvalue weighted by Crippen LogP contribution is 2.49. The van der Waals surface area contributed by atoms with Gasteiger partial charge in [-0.3, -0.25) is 0 Å². The summed E-state index contributed by atoms with van der Waals surface area (Å²) in [5.74, 6) is 0. The Morgan fingerprint density at radius 2 is 1.06 bits per heavy atom. The summed E-state index contributed by atoms with van der Waals surface area (Å²) in [5.41, 5.74) is 16.4. The SMILES string of the molecule is CC.CC1(C)c2ccccc2-c2cc(-c3cccc(-c4cccc5c4[nH]c4ccc(-n6c7ccccc7c7ccccc76)cc45)c3)ccc21. The van der Waals surface area contributed by atoms with Crippen molar-refractivity contribution in [3.63, 3.8) is 0 Å². The molecule has 0 amide bonds. The van der Waals surface area contributed by atoms with Gasteiger partial charge in [0.2, 0.25) is 0 Å². The van der Waals surface area contributed by atoms with Crippen LogP contribution in [-0.2, 0) is 5.41 Å². The number of H-pyrrole nitrogens is 1. The van der Waals surface area contributed by atoms with E-state index in [1.54, 1.807) is 0 Å². The first kappa shape index (κ1) is 29.3. The van der Waals surface area contributed by atoms with Crippen LogP contribution in [0.4, 0.5) is 0 Å². The number of hydrogen-bond donors (Lipinski definition) is 1. The van der Waals surface area contributed by atoms with Crippen molar-refractivity contribution in [3.8, 4) is 39.1 Å². The fourth-order valence-corrected chi connectivity index (χ4v) is 8.26. The molecular weight excluding hydrogens is 593 g/mol. The van der Waals surface area contributed by atoms with Gasteiger partial charge in [-0.25, -0.2) is 0 Å². The van der Waals surface area contributed by atoms with Crippen LogP contribution < -0.4 is 0 Å². The smallest absolute Gasteiger partial charge is 0.0544 e. The molecule has 2 heterocycles. The Hall–Kier alpha value is -5.86. The largest absolute Gasteiger partial charge is 0.354 e. The topological polar surface area (TPSA) is 20.7 Å². The average molecular weight is 631 g/mol. The Morgan fingerprint density at radius 3 is 1.86 bits per heavy atom. The van der Waals surface area contributed by atoms with Gasteiger partial charge in [0, 0.05) is 43.7 Å². The van der Waals surface area contributed by atoms with Gasteiger partial charge in [0.25, 0.3) is 0 Å². The molecule has 0 aliphatic heterocycles. The molecule has 2 heteroatoms. The van der Waals surface area contributed by atoms with E-state index in [1.165, 1.54) is 88.3 Å². The summed E-state index contributed by atoms with van der Waals surface area (Å²) in [4.78, 5) is 3.80. The third-order valence-electron chi connectivity index (χ3n) is 10.5. The molecule has 9 aromatic rings. The van der Waals surface area contributed by atoms with E-state index in [2.05, 4.69) is 175 Å². The maximum atomic E-state index is 3.80. The maximum absolute atomic E-state index is 3.80. The summed E-state index contributed by atoms with van der Waals surface area (Å²) < 4.78 is 2.40. The molecule has 0 saturated carbocycles. The van der Waals surface area contributed by atoms with Gasteiger partial charge in [-0.2, -0.15) is 0 Å². The highest BCUT2D eigenvalue weighted by Gasteiger charge is 2.35. The Balaban J connectivity index is 0.00000160. The van der Waals surface area contributed by atoms with Gasteiger partial charge < -0.3 is 9.55 Å². The standard InChI is InChI=1S/C45H32N2.C2H6/c1-45(2)39-18-6-3-13-33(39)37-26-29(21-23-40(37)45)28-11-9-12-30(25-28)32-16-10-17-36-38-27-31(22-24-41(38)46-44(32)36)47-42-19-7-4-14-34(42)35-15-5-8-20-43(35)47;1-2/h3-27,46H,1-2H3;1-2H3. The van der Waals surface area contributed by atoms with Gasteiger partial charge in [0.05, 0.1) is 16.6 Å². The Morgan fingerprint density at radius 1 is 0.449 bits per heavy atom. The molecule has 1 aliphatic carbocycles. The van der Waals surface area contributed by atoms with Crippen LogP contribution in [0.25, 0.3) is 82.7 Å². The van der Waals surface area contributed by atoms with Crippen molar-refractivity contribution in [2.75, 3.05) is 0 Å². The number of aromatic nitrogens is 2. The normalized spacial score (nSPS) is 13.1. The van der Waals surface area contributed by atoms with E-state index in [4.69, 9.17) is 0 Å². The molecule has 0 saturated heterocycles. The van der Waals surface area contributed by atoms with Crippen molar-refractivity contribution in [2.45, 2.75) is 33.1 Å². The highest BCUT2D eigenvalue weighted by atomic mass is 15.0. The quantitative estimate of drug-likeness (QED) is 0.200. The number of benzene rings is 7. The van der Waals surface area contributed by atoms with Crippen molar-refractivity contribution in [3.05, 3.63) is 163 Å². The third kappa shape index (κ3) is 4.34. The summed E-state index contributed by atoms with van der Waals surface area (Å²) in [5, 5.41) is 5.03. The van der Waals surface area contributed by atoms with Crippen molar-refractivity contribution >= 4 is 43.6 Å². The second-order valence-corrected chi connectivity index (χ2v) is 13.5. The minimum Gasteiger partial charge on any atom is -0.354 e. The first-order chi connectivity index (χ1) is 24.1. The van der Waals surface area contributed by atoms with Crippen LogP contribution in [0.3, 0.4) is 0 Å². The lowest BCUT2D eigenvalue weighted by Gasteiger charge is -2.21. The second-order valence-electron chi connectivity index (χ2n) is 13.5. The molecule has 236 valence electrons. The number of para-hydroxylation sites is 3. The molecule has 0 fully saturated rings. The van der Waals surface area contributed by atoms with Crippen LogP contribution in [0.5, 0.6) is 0 Å². The van der Waals surface area contributed by atoms with Crippen LogP contribution in [0.1, 0.15) is 38.8 Å². The third-order valence-corrected chi connectivity index (χ3v) is 10.5. The lowest BCUT2D eigenvalue weighted by molar-refractivity contribution is 0.660. The Kier molecular flexibility index (Phi) is 6.64. The van der Waals surface area contributed by atoms with Crippen LogP contribution in [0, 0.1) is 0 Å². The van der Waals surface area contributed by atoms with Gasteiger partial charge in [0.1, 0.15) is 0 Å². The van der Waals surface area contributed by atoms with Crippen LogP contribution in [0.15, 0.2) is 152 Å². The zero-order valence-corrected chi connectivity index (χ0v) is 28.4. The van der Waals surface area contributed by atoms with E-state index in [1.807, 2.05) is 13.8 Å². The van der Waals surface area contributed by atoms with Crippen molar-refractivity contribution in [2.24, 2.45) is 0 Å². The number of fused-ring (bicyclic) bond motifs is 9.